The first-order valence-electron chi connectivity index (χ1n) is 4.84. The lowest BCUT2D eigenvalue weighted by Gasteiger charge is -2.19. The zero-order valence-corrected chi connectivity index (χ0v) is 10.1. The quantitative estimate of drug-likeness (QED) is 0.810. The number of rotatable bonds is 1. The number of halogens is 1. The Morgan fingerprint density at radius 3 is 2.50 bits per heavy atom. The molecule has 0 bridgehead atoms. The molecule has 1 N–H and O–H groups in total. The lowest BCUT2D eigenvalue weighted by atomic mass is 10.0. The zero-order valence-electron chi connectivity index (χ0n) is 8.52. The molecular formula is C12H14BrN. The first kappa shape index (κ1) is 9.94. The van der Waals surface area contributed by atoms with Crippen molar-refractivity contribution in [2.75, 3.05) is 13.1 Å². The van der Waals surface area contributed by atoms with Gasteiger partial charge in [-0.2, -0.15) is 0 Å². The molecule has 74 valence electrons. The smallest absolute Gasteiger partial charge is 0.0207 e. The number of hydrogen-bond donors (Lipinski definition) is 1. The van der Waals surface area contributed by atoms with Gasteiger partial charge in [0.15, 0.2) is 0 Å². The van der Waals surface area contributed by atoms with Gasteiger partial charge in [0.25, 0.3) is 0 Å². The maximum atomic E-state index is 3.54. The zero-order chi connectivity index (χ0) is 10.1. The van der Waals surface area contributed by atoms with Crippen LogP contribution in [0.1, 0.15) is 16.7 Å². The molecule has 0 aliphatic carbocycles. The van der Waals surface area contributed by atoms with E-state index in [-0.39, 0.29) is 0 Å². The van der Waals surface area contributed by atoms with Gasteiger partial charge in [0.05, 0.1) is 0 Å². The molecular weight excluding hydrogens is 238 g/mol. The van der Waals surface area contributed by atoms with Crippen LogP contribution in [-0.4, -0.2) is 13.1 Å². The Hall–Kier alpha value is -0.600. The molecule has 2 rings (SSSR count). The third kappa shape index (κ3) is 1.91. The molecule has 1 aliphatic heterocycles. The molecule has 1 aliphatic rings. The van der Waals surface area contributed by atoms with Crippen molar-refractivity contribution in [1.29, 1.82) is 0 Å². The van der Waals surface area contributed by atoms with Crippen molar-refractivity contribution in [1.82, 2.24) is 5.32 Å². The largest absolute Gasteiger partial charge is 0.309 e. The van der Waals surface area contributed by atoms with Gasteiger partial charge in [-0.25, -0.2) is 0 Å². The van der Waals surface area contributed by atoms with E-state index in [0.717, 1.165) is 13.1 Å². The van der Waals surface area contributed by atoms with E-state index in [1.807, 2.05) is 0 Å². The highest BCUT2D eigenvalue weighted by atomic mass is 79.9. The second-order valence-corrected chi connectivity index (χ2v) is 4.72. The van der Waals surface area contributed by atoms with E-state index in [1.165, 1.54) is 26.7 Å². The highest BCUT2D eigenvalue weighted by Crippen LogP contribution is 2.23. The Bertz CT molecular complexity index is 388. The van der Waals surface area contributed by atoms with Crippen molar-refractivity contribution in [2.24, 2.45) is 0 Å². The van der Waals surface area contributed by atoms with Gasteiger partial charge in [-0.15, -0.1) is 0 Å². The summed E-state index contributed by atoms with van der Waals surface area (Å²) in [6.45, 7) is 6.39. The molecule has 14 heavy (non-hydrogen) atoms. The summed E-state index contributed by atoms with van der Waals surface area (Å²) in [7, 11) is 0. The molecule has 0 aromatic heterocycles. The molecule has 1 saturated heterocycles. The number of benzene rings is 1. The maximum Gasteiger partial charge on any atom is 0.0207 e. The summed E-state index contributed by atoms with van der Waals surface area (Å²) < 4.78 is 1.20. The highest BCUT2D eigenvalue weighted by Gasteiger charge is 2.08. The standard InChI is InChI=1S/C12H14BrN/c1-8-4-12(13)9(2)3-11(8)5-10-6-14-7-10/h3-5,14H,6-7H2,1-2H3. The van der Waals surface area contributed by atoms with Crippen molar-refractivity contribution >= 4 is 22.0 Å². The van der Waals surface area contributed by atoms with E-state index in [2.05, 4.69) is 53.3 Å². The Morgan fingerprint density at radius 1 is 1.21 bits per heavy atom. The van der Waals surface area contributed by atoms with Crippen LogP contribution in [0.25, 0.3) is 6.08 Å². The summed E-state index contributed by atoms with van der Waals surface area (Å²) in [5.41, 5.74) is 5.48. The Morgan fingerprint density at radius 2 is 1.93 bits per heavy atom. The third-order valence-corrected chi connectivity index (χ3v) is 3.47. The van der Waals surface area contributed by atoms with Crippen LogP contribution in [0.2, 0.25) is 0 Å². The molecule has 0 atom stereocenters. The molecule has 0 unspecified atom stereocenters. The molecule has 0 amide bonds. The van der Waals surface area contributed by atoms with Gasteiger partial charge in [0, 0.05) is 17.6 Å². The Labute approximate surface area is 93.3 Å². The monoisotopic (exact) mass is 251 g/mol. The summed E-state index contributed by atoms with van der Waals surface area (Å²) in [5, 5.41) is 3.25. The minimum absolute atomic E-state index is 1.05. The Kier molecular flexibility index (Phi) is 2.75. The first-order valence-corrected chi connectivity index (χ1v) is 5.63. The van der Waals surface area contributed by atoms with Crippen molar-refractivity contribution < 1.29 is 0 Å². The normalized spacial score (nSPS) is 15.2. The third-order valence-electron chi connectivity index (χ3n) is 2.61. The predicted molar refractivity (Wildman–Crippen MR) is 64.5 cm³/mol. The maximum absolute atomic E-state index is 3.54. The van der Waals surface area contributed by atoms with E-state index < -0.39 is 0 Å². The fraction of sp³-hybridized carbons (Fsp3) is 0.333. The van der Waals surface area contributed by atoms with E-state index in [0.29, 0.717) is 0 Å². The molecule has 1 heterocycles. The van der Waals surface area contributed by atoms with Gasteiger partial charge in [0.1, 0.15) is 0 Å². The van der Waals surface area contributed by atoms with Gasteiger partial charge in [-0.3, -0.25) is 0 Å². The van der Waals surface area contributed by atoms with Crippen molar-refractivity contribution in [3.05, 3.63) is 38.9 Å². The lowest BCUT2D eigenvalue weighted by Crippen LogP contribution is -2.33. The van der Waals surface area contributed by atoms with Crippen LogP contribution in [0.3, 0.4) is 0 Å². The van der Waals surface area contributed by atoms with Crippen LogP contribution < -0.4 is 5.32 Å². The molecule has 0 spiro atoms. The van der Waals surface area contributed by atoms with Crippen molar-refractivity contribution in [2.45, 2.75) is 13.8 Å². The van der Waals surface area contributed by atoms with Crippen molar-refractivity contribution in [3.8, 4) is 0 Å². The van der Waals surface area contributed by atoms with Crippen LogP contribution >= 0.6 is 15.9 Å². The van der Waals surface area contributed by atoms with Crippen LogP contribution in [0.5, 0.6) is 0 Å². The van der Waals surface area contributed by atoms with Crippen LogP contribution in [0.4, 0.5) is 0 Å². The molecule has 0 radical (unpaired) electrons. The average Bonchev–Trinajstić information content (AvgIpc) is 2.06. The van der Waals surface area contributed by atoms with E-state index >= 15 is 0 Å². The second-order valence-electron chi connectivity index (χ2n) is 3.86. The van der Waals surface area contributed by atoms with Crippen molar-refractivity contribution in [3.63, 3.8) is 0 Å². The van der Waals surface area contributed by atoms with Gasteiger partial charge in [-0.1, -0.05) is 28.1 Å². The molecule has 1 aromatic rings. The molecule has 1 fully saturated rings. The van der Waals surface area contributed by atoms with Crippen LogP contribution in [0.15, 0.2) is 22.2 Å². The summed E-state index contributed by atoms with van der Waals surface area (Å²) in [6.07, 6.45) is 2.30. The predicted octanol–water partition coefficient (Wildman–Crippen LogP) is 3.05. The van der Waals surface area contributed by atoms with Crippen LogP contribution in [0, 0.1) is 13.8 Å². The number of nitrogens with one attached hydrogen (secondary N) is 1. The second kappa shape index (κ2) is 3.87. The average molecular weight is 252 g/mol. The van der Waals surface area contributed by atoms with Crippen LogP contribution in [-0.2, 0) is 0 Å². The van der Waals surface area contributed by atoms with Gasteiger partial charge < -0.3 is 5.32 Å². The molecule has 1 nitrogen and oxygen atoms in total. The fourth-order valence-electron chi connectivity index (χ4n) is 1.55. The lowest BCUT2D eigenvalue weighted by molar-refractivity contribution is 0.674. The number of aryl methyl sites for hydroxylation is 2. The summed E-state index contributed by atoms with van der Waals surface area (Å²) in [4.78, 5) is 0. The molecule has 0 saturated carbocycles. The Balaban J connectivity index is 2.37. The van der Waals surface area contributed by atoms with E-state index in [1.54, 1.807) is 0 Å². The van der Waals surface area contributed by atoms with Gasteiger partial charge in [-0.05, 0) is 42.2 Å². The highest BCUT2D eigenvalue weighted by molar-refractivity contribution is 9.10. The molecule has 1 aromatic carbocycles. The number of hydrogen-bond acceptors (Lipinski definition) is 1. The SMILES string of the molecule is Cc1cc(C=C2CNC2)c(C)cc1Br. The fourth-order valence-corrected chi connectivity index (χ4v) is 2.01. The summed E-state index contributed by atoms with van der Waals surface area (Å²) in [6, 6.07) is 4.43. The minimum Gasteiger partial charge on any atom is -0.309 e. The summed E-state index contributed by atoms with van der Waals surface area (Å²) in [5.74, 6) is 0. The summed E-state index contributed by atoms with van der Waals surface area (Å²) >= 11 is 3.54. The van der Waals surface area contributed by atoms with E-state index in [9.17, 15) is 0 Å². The van der Waals surface area contributed by atoms with Gasteiger partial charge in [0.2, 0.25) is 0 Å². The minimum atomic E-state index is 1.05. The molecule has 2 heteroatoms. The van der Waals surface area contributed by atoms with E-state index in [4.69, 9.17) is 0 Å². The first-order chi connectivity index (χ1) is 6.66. The topological polar surface area (TPSA) is 12.0 Å². The van der Waals surface area contributed by atoms with Gasteiger partial charge >= 0.3 is 0 Å².